The number of thiazole rings is 1. The normalized spacial score (nSPS) is 11.2. The molecule has 2 heterocycles. The van der Waals surface area contributed by atoms with Crippen molar-refractivity contribution >= 4 is 22.3 Å². The van der Waals surface area contributed by atoms with E-state index in [1.54, 1.807) is 11.3 Å². The summed E-state index contributed by atoms with van der Waals surface area (Å²) in [5.74, 6) is 0.803. The molecular weight excluding hydrogens is 304 g/mol. The van der Waals surface area contributed by atoms with Gasteiger partial charge in [0.2, 0.25) is 0 Å². The molecule has 0 fully saturated rings. The van der Waals surface area contributed by atoms with Crippen molar-refractivity contribution < 1.29 is 4.42 Å². The monoisotopic (exact) mass is 320 g/mol. The highest BCUT2D eigenvalue weighted by molar-refractivity contribution is 7.15. The molecule has 114 valence electrons. The van der Waals surface area contributed by atoms with Crippen molar-refractivity contribution in [2.24, 2.45) is 5.73 Å². The topological polar surface area (TPSA) is 52.0 Å². The van der Waals surface area contributed by atoms with Crippen LogP contribution in [0.2, 0.25) is 0 Å². The van der Waals surface area contributed by atoms with Gasteiger partial charge < -0.3 is 10.2 Å². The van der Waals surface area contributed by atoms with E-state index in [9.17, 15) is 0 Å². The van der Waals surface area contributed by atoms with Crippen LogP contribution in [0.1, 0.15) is 10.6 Å². The molecule has 0 unspecified atom stereocenters. The van der Waals surface area contributed by atoms with Crippen LogP contribution in [0.15, 0.2) is 59.0 Å². The summed E-state index contributed by atoms with van der Waals surface area (Å²) in [7, 11) is 0. The van der Waals surface area contributed by atoms with Crippen LogP contribution in [0, 0.1) is 6.92 Å². The van der Waals surface area contributed by atoms with Gasteiger partial charge in [0.1, 0.15) is 16.4 Å². The Bertz CT molecular complexity index is 970. The van der Waals surface area contributed by atoms with Crippen LogP contribution in [0.25, 0.3) is 32.8 Å². The van der Waals surface area contributed by atoms with Crippen molar-refractivity contribution in [3.63, 3.8) is 0 Å². The van der Waals surface area contributed by atoms with E-state index in [4.69, 9.17) is 15.1 Å². The molecule has 0 bridgehead atoms. The Hall–Kier alpha value is -2.43. The van der Waals surface area contributed by atoms with Gasteiger partial charge in [0, 0.05) is 21.4 Å². The van der Waals surface area contributed by atoms with E-state index in [0.717, 1.165) is 38.6 Å². The van der Waals surface area contributed by atoms with Gasteiger partial charge in [-0.3, -0.25) is 0 Å². The predicted molar refractivity (Wildman–Crippen MR) is 95.4 cm³/mol. The zero-order valence-corrected chi connectivity index (χ0v) is 13.6. The van der Waals surface area contributed by atoms with Crippen molar-refractivity contribution in [3.8, 4) is 21.8 Å². The molecule has 0 saturated carbocycles. The van der Waals surface area contributed by atoms with Crippen molar-refractivity contribution in [1.29, 1.82) is 0 Å². The summed E-state index contributed by atoms with van der Waals surface area (Å²) in [5, 5.41) is 2.12. The zero-order chi connectivity index (χ0) is 15.8. The molecule has 4 rings (SSSR count). The van der Waals surface area contributed by atoms with Gasteiger partial charge >= 0.3 is 0 Å². The molecule has 2 aromatic carbocycles. The lowest BCUT2D eigenvalue weighted by Crippen LogP contribution is -1.92. The number of benzene rings is 2. The lowest BCUT2D eigenvalue weighted by atomic mass is 10.1. The van der Waals surface area contributed by atoms with Crippen LogP contribution in [0.3, 0.4) is 0 Å². The summed E-state index contributed by atoms with van der Waals surface area (Å²) in [6.45, 7) is 2.53. The van der Waals surface area contributed by atoms with Gasteiger partial charge in [-0.15, -0.1) is 11.3 Å². The number of aromatic nitrogens is 1. The summed E-state index contributed by atoms with van der Waals surface area (Å²) in [4.78, 5) is 6.06. The van der Waals surface area contributed by atoms with Crippen LogP contribution in [0.4, 0.5) is 0 Å². The number of furan rings is 1. The number of nitrogens with zero attached hydrogens (tertiary/aromatic N) is 1. The average Bonchev–Trinajstić information content (AvgIpc) is 3.18. The van der Waals surface area contributed by atoms with Crippen molar-refractivity contribution in [2.45, 2.75) is 13.5 Å². The Labute approximate surface area is 138 Å². The van der Waals surface area contributed by atoms with Crippen molar-refractivity contribution in [1.82, 2.24) is 4.98 Å². The Morgan fingerprint density at radius 2 is 1.87 bits per heavy atom. The number of rotatable bonds is 3. The fourth-order valence-electron chi connectivity index (χ4n) is 2.71. The van der Waals surface area contributed by atoms with E-state index in [1.165, 1.54) is 4.88 Å². The number of aryl methyl sites for hydroxylation is 1. The first-order valence-corrected chi connectivity index (χ1v) is 8.32. The Balaban J connectivity index is 1.80. The molecular formula is C19H16N2OS. The highest BCUT2D eigenvalue weighted by Gasteiger charge is 2.12. The predicted octanol–water partition coefficient (Wildman–Crippen LogP) is 4.99. The van der Waals surface area contributed by atoms with Gasteiger partial charge in [-0.2, -0.15) is 0 Å². The molecule has 0 amide bonds. The molecule has 4 aromatic rings. The fraction of sp³-hybridized carbons (Fsp3) is 0.105. The summed E-state index contributed by atoms with van der Waals surface area (Å²) >= 11 is 1.72. The molecule has 0 aliphatic heterocycles. The third kappa shape index (κ3) is 2.56. The number of nitrogens with two attached hydrogens (primary N) is 1. The quantitative estimate of drug-likeness (QED) is 0.578. The first kappa shape index (κ1) is 14.2. The van der Waals surface area contributed by atoms with E-state index in [1.807, 2.05) is 30.3 Å². The first-order chi connectivity index (χ1) is 11.2. The van der Waals surface area contributed by atoms with Gasteiger partial charge in [-0.05, 0) is 31.2 Å². The van der Waals surface area contributed by atoms with Gasteiger partial charge in [0.15, 0.2) is 0 Å². The molecule has 3 nitrogen and oxygen atoms in total. The second-order valence-corrected chi connectivity index (χ2v) is 6.66. The highest BCUT2D eigenvalue weighted by Crippen LogP contribution is 2.34. The van der Waals surface area contributed by atoms with Gasteiger partial charge in [0.25, 0.3) is 0 Å². The van der Waals surface area contributed by atoms with E-state index >= 15 is 0 Å². The van der Waals surface area contributed by atoms with E-state index < -0.39 is 0 Å². The Morgan fingerprint density at radius 3 is 2.65 bits per heavy atom. The van der Waals surface area contributed by atoms with Crippen LogP contribution in [-0.2, 0) is 6.54 Å². The molecule has 2 aromatic heterocycles. The highest BCUT2D eigenvalue weighted by atomic mass is 32.1. The van der Waals surface area contributed by atoms with Crippen LogP contribution in [-0.4, -0.2) is 4.98 Å². The molecule has 0 atom stereocenters. The van der Waals surface area contributed by atoms with E-state index in [0.29, 0.717) is 6.54 Å². The second kappa shape index (κ2) is 5.65. The molecule has 0 aliphatic rings. The van der Waals surface area contributed by atoms with Crippen LogP contribution in [0.5, 0.6) is 0 Å². The summed E-state index contributed by atoms with van der Waals surface area (Å²) in [5.41, 5.74) is 9.81. The standard InChI is InChI=1S/C19H16N2OS/c1-12-18(21-19(23-12)13-5-3-2-4-6-13)14-7-8-17-15(9-14)10-16(11-20)22-17/h2-10H,11,20H2,1H3. The zero-order valence-electron chi connectivity index (χ0n) is 12.7. The summed E-state index contributed by atoms with van der Waals surface area (Å²) in [6, 6.07) is 18.5. The number of hydrogen-bond acceptors (Lipinski definition) is 4. The lowest BCUT2D eigenvalue weighted by molar-refractivity contribution is 0.552. The van der Waals surface area contributed by atoms with E-state index in [2.05, 4.69) is 31.2 Å². The lowest BCUT2D eigenvalue weighted by Gasteiger charge is -1.98. The smallest absolute Gasteiger partial charge is 0.134 e. The molecule has 0 radical (unpaired) electrons. The summed E-state index contributed by atoms with van der Waals surface area (Å²) in [6.07, 6.45) is 0. The van der Waals surface area contributed by atoms with Crippen molar-refractivity contribution in [3.05, 3.63) is 65.2 Å². The molecule has 0 aliphatic carbocycles. The van der Waals surface area contributed by atoms with E-state index in [-0.39, 0.29) is 0 Å². The Morgan fingerprint density at radius 1 is 1.04 bits per heavy atom. The third-order valence-corrected chi connectivity index (χ3v) is 4.88. The molecule has 4 heteroatoms. The first-order valence-electron chi connectivity index (χ1n) is 7.50. The van der Waals surface area contributed by atoms with Crippen LogP contribution < -0.4 is 5.73 Å². The number of fused-ring (bicyclic) bond motifs is 1. The SMILES string of the molecule is Cc1sc(-c2ccccc2)nc1-c1ccc2oc(CN)cc2c1. The molecule has 0 spiro atoms. The average molecular weight is 320 g/mol. The minimum atomic E-state index is 0.415. The fourth-order valence-corrected chi connectivity index (χ4v) is 3.66. The molecule has 23 heavy (non-hydrogen) atoms. The van der Waals surface area contributed by atoms with Gasteiger partial charge in [-0.1, -0.05) is 30.3 Å². The minimum absolute atomic E-state index is 0.415. The Kier molecular flexibility index (Phi) is 3.48. The maximum atomic E-state index is 5.67. The van der Waals surface area contributed by atoms with Crippen molar-refractivity contribution in [2.75, 3.05) is 0 Å². The van der Waals surface area contributed by atoms with Gasteiger partial charge in [-0.25, -0.2) is 4.98 Å². The summed E-state index contributed by atoms with van der Waals surface area (Å²) < 4.78 is 5.67. The molecule has 0 saturated heterocycles. The molecule has 2 N–H and O–H groups in total. The second-order valence-electron chi connectivity index (χ2n) is 5.46. The van der Waals surface area contributed by atoms with Crippen LogP contribution >= 0.6 is 11.3 Å². The minimum Gasteiger partial charge on any atom is -0.460 e. The largest absolute Gasteiger partial charge is 0.460 e. The maximum Gasteiger partial charge on any atom is 0.134 e. The number of hydrogen-bond donors (Lipinski definition) is 1. The van der Waals surface area contributed by atoms with Gasteiger partial charge in [0.05, 0.1) is 12.2 Å². The maximum absolute atomic E-state index is 5.67. The third-order valence-electron chi connectivity index (χ3n) is 3.86.